The number of benzene rings is 7. The first-order chi connectivity index (χ1) is 57.4. The molecule has 15 rings (SSSR count). The molecule has 0 spiro atoms. The first-order valence-corrected chi connectivity index (χ1v) is 44.0. The summed E-state index contributed by atoms with van der Waals surface area (Å²) in [6.45, 7) is 16.5. The molecule has 2 aromatic heterocycles. The number of aliphatic hydroxyl groups is 3. The number of aliphatic imine (C=N–C) groups is 1. The number of allylic oxidation sites excluding steroid dienone is 3. The average Bonchev–Trinajstić information content (AvgIpc) is 1.53. The molecule has 638 valence electrons. The zero-order chi connectivity index (χ0) is 86.4. The van der Waals surface area contributed by atoms with E-state index in [1.54, 1.807) is 61.7 Å². The van der Waals surface area contributed by atoms with Gasteiger partial charge in [-0.1, -0.05) is 235 Å². The summed E-state index contributed by atoms with van der Waals surface area (Å²) in [6, 6.07) is 53.4. The van der Waals surface area contributed by atoms with Crippen LogP contribution in [0, 0.1) is 30.1 Å². The number of aliphatic carboxylic acids is 1. The van der Waals surface area contributed by atoms with Gasteiger partial charge < -0.3 is 48.9 Å². The molecule has 3 heterocycles. The molecule has 0 bridgehead atoms. The summed E-state index contributed by atoms with van der Waals surface area (Å²) in [5.74, 6) is 0.367. The van der Waals surface area contributed by atoms with Crippen LogP contribution in [0.2, 0.25) is 5.02 Å². The molecule has 0 amide bonds. The zero-order valence-electron chi connectivity index (χ0n) is 71.5. The third kappa shape index (κ3) is 25.0. The molecule has 0 saturated heterocycles. The number of hydrogen-bond donors (Lipinski definition) is 5. The van der Waals surface area contributed by atoms with Gasteiger partial charge in [0.2, 0.25) is 0 Å². The van der Waals surface area contributed by atoms with Gasteiger partial charge in [-0.3, -0.25) is 24.2 Å². The molecule has 19 heteroatoms. The number of carbonyl (C=O) groups excluding carboxylic acids is 4. The summed E-state index contributed by atoms with van der Waals surface area (Å²) in [5.41, 5.74) is 12.8. The minimum atomic E-state index is -1.18. The van der Waals surface area contributed by atoms with E-state index in [4.69, 9.17) is 30.6 Å². The molecule has 5 N–H and O–H groups in total. The Labute approximate surface area is 717 Å². The van der Waals surface area contributed by atoms with Crippen molar-refractivity contribution in [3.8, 4) is 11.5 Å². The molecule has 8 atom stereocenters. The number of halogens is 1. The van der Waals surface area contributed by atoms with Gasteiger partial charge in [-0.05, 0) is 197 Å². The van der Waals surface area contributed by atoms with Gasteiger partial charge in [-0.2, -0.15) is 0 Å². The molecule has 3 saturated carbocycles. The highest BCUT2D eigenvalue weighted by Gasteiger charge is 2.40. The summed E-state index contributed by atoms with van der Waals surface area (Å²) in [7, 11) is 7.83. The second-order valence-electron chi connectivity index (χ2n) is 34.4. The van der Waals surface area contributed by atoms with Crippen LogP contribution in [-0.2, 0) is 32.6 Å². The molecule has 120 heavy (non-hydrogen) atoms. The minimum absolute atomic E-state index is 0.0255. The van der Waals surface area contributed by atoms with Gasteiger partial charge >= 0.3 is 17.6 Å². The van der Waals surface area contributed by atoms with Crippen LogP contribution in [0.5, 0.6) is 11.5 Å². The minimum Gasteiger partial charge on any atom is -0.512 e. The molecule has 6 unspecified atom stereocenters. The maximum Gasteiger partial charge on any atom is 0.343 e. The van der Waals surface area contributed by atoms with Crippen molar-refractivity contribution in [2.24, 2.45) is 35.2 Å². The second kappa shape index (κ2) is 43.7. The number of aromatic hydroxyl groups is 1. The van der Waals surface area contributed by atoms with E-state index < -0.39 is 35.2 Å². The molecule has 5 aliphatic carbocycles. The number of thioether (sulfide) groups is 1. The summed E-state index contributed by atoms with van der Waals surface area (Å²) in [5, 5.41) is 52.8. The van der Waals surface area contributed by atoms with Crippen LogP contribution in [0.4, 0.5) is 0 Å². The number of fused-ring (bicyclic) bond motifs is 3. The summed E-state index contributed by atoms with van der Waals surface area (Å²) >= 11 is 7.44. The predicted octanol–water partition coefficient (Wildman–Crippen LogP) is 22.5. The number of ether oxygens (including phenoxy) is 2. The third-order valence-electron chi connectivity index (χ3n) is 24.4. The van der Waals surface area contributed by atoms with Gasteiger partial charge in [-0.15, -0.1) is 0 Å². The predicted molar refractivity (Wildman–Crippen MR) is 482 cm³/mol. The zero-order valence-corrected chi connectivity index (χ0v) is 73.1. The molecular weight excluding hydrogens is 1550 g/mol. The standard InChI is InChI=1S/C18H18N2O.C18H16O3.C17H21ClO.C17H27NO2.C17H24O3.C14H16O4S/c1-20-11-15(14-4-2-3-5-17(14)20)18(21)13-6-7-16-12(10-13)8-9-19-16;1-2-13(12-8-4-3-5-9-12)16-17(19)14-10-6-7-11-15(14)21-18(16)20;1-11(19)14-8-7-13-9-16(17(18)10-15(13)14)12-5-3-2-4-6-12;1-18(2)13-16(17(19)11-5-4-6-12-17)14-7-9-15(20-3)10-8-14;1-12-9-14(11-17(2,3)10-12)20-16(19)15(18)13-7-5-4-6-8-13;1-9-3-5-11(6-4-9)13(16)7-12(14(17)18)8-19-10(2)15/h2-5,9,11,13H,6-8,10H2,1H3;3-11,13,19H,2H2,1H3;9-10,12,14,19H,1-8H2;7-10,16,19H,4-6,11-13H2,1-3H3;4-8,12,14-15,18H,9-11H2,1-3H3;3-6,12H,7-8H2,1-2H3,(H,17,18)/t13-;;;;;12-/m1....0/s1. The highest BCUT2D eigenvalue weighted by molar-refractivity contribution is 8.13. The number of nitrogens with zero attached hydrogens (tertiary/aromatic N) is 3. The Hall–Kier alpha value is -9.69. The van der Waals surface area contributed by atoms with Crippen LogP contribution in [0.3, 0.4) is 0 Å². The van der Waals surface area contributed by atoms with Gasteiger partial charge in [0.15, 0.2) is 22.8 Å². The summed E-state index contributed by atoms with van der Waals surface area (Å²) in [6.07, 6.45) is 23.9. The molecule has 3 fully saturated rings. The molecule has 17 nitrogen and oxygen atoms in total. The SMILES string of the molecule is C=C(O)C1CCc2cc(C3CCCCC3)c(Cl)cc21.CC(=O)SC[C@H](CC(=O)c1ccc(C)cc1)C(=O)O.CC1CC(OC(=O)C(O)c2ccccc2)CC(C)(C)C1.CCC(c1ccccc1)c1c(O)c2ccccc2oc1=O.COc1ccc(C(CN(C)C)C2(O)CCCCC2)cc1.Cn1cc(C(=O)[C@@H]2CCC3=C(CC=N3)C2)c2ccccc21. The van der Waals surface area contributed by atoms with Crippen molar-refractivity contribution in [3.05, 3.63) is 271 Å². The molecule has 0 radical (unpaired) electrons. The van der Waals surface area contributed by atoms with E-state index in [-0.39, 0.29) is 69.8 Å². The van der Waals surface area contributed by atoms with Crippen LogP contribution in [0.15, 0.2) is 214 Å². The Morgan fingerprint density at radius 1 is 0.767 bits per heavy atom. The maximum atomic E-state index is 12.9. The number of carboxylic acid groups (broad SMARTS) is 1. The number of rotatable bonds is 21. The van der Waals surface area contributed by atoms with Gasteiger partial charge in [0.05, 0.1) is 35.3 Å². The Bertz CT molecular complexity index is 5080. The topological polar surface area (TPSA) is 256 Å². The maximum absolute atomic E-state index is 12.9. The van der Waals surface area contributed by atoms with Crippen LogP contribution in [0.1, 0.15) is 258 Å². The fourth-order valence-electron chi connectivity index (χ4n) is 18.2. The van der Waals surface area contributed by atoms with E-state index in [0.29, 0.717) is 51.7 Å². The number of likely N-dealkylation sites (N-methyl/N-ethyl adjacent to an activating group) is 1. The van der Waals surface area contributed by atoms with Gasteiger partial charge in [0, 0.05) is 108 Å². The van der Waals surface area contributed by atoms with Crippen molar-refractivity contribution in [2.45, 2.75) is 218 Å². The molecular formula is C101H122ClN3O14S. The first-order valence-electron chi connectivity index (χ1n) is 42.7. The number of carboxylic acids is 1. The lowest BCUT2D eigenvalue weighted by Crippen LogP contribution is -2.42. The van der Waals surface area contributed by atoms with Crippen molar-refractivity contribution < 1.29 is 63.4 Å². The van der Waals surface area contributed by atoms with E-state index >= 15 is 0 Å². The Morgan fingerprint density at radius 2 is 1.40 bits per heavy atom. The van der Waals surface area contributed by atoms with Crippen molar-refractivity contribution >= 4 is 80.1 Å². The Kier molecular flexibility index (Phi) is 33.7. The highest BCUT2D eigenvalue weighted by atomic mass is 35.5. The monoisotopic (exact) mass is 1670 g/mol. The number of ketones is 2. The average molecular weight is 1670 g/mol. The quantitative estimate of drug-likeness (QED) is 0.0194. The van der Waals surface area contributed by atoms with Gasteiger partial charge in [-0.25, -0.2) is 9.59 Å². The second-order valence-corrected chi connectivity index (χ2v) is 36.0. The van der Waals surface area contributed by atoms with E-state index in [1.807, 2.05) is 112 Å². The number of Topliss-reactive ketones (excluding diaryl/α,β-unsaturated/α-hetero) is 2. The van der Waals surface area contributed by atoms with Crippen LogP contribution >= 0.6 is 23.4 Å². The van der Waals surface area contributed by atoms with E-state index in [9.17, 15) is 49.2 Å². The smallest absolute Gasteiger partial charge is 0.343 e. The van der Waals surface area contributed by atoms with Crippen molar-refractivity contribution in [1.82, 2.24) is 9.47 Å². The van der Waals surface area contributed by atoms with Gasteiger partial charge in [0.1, 0.15) is 23.2 Å². The number of aliphatic hydroxyl groups excluding tert-OH is 2. The van der Waals surface area contributed by atoms with Crippen molar-refractivity contribution in [3.63, 3.8) is 0 Å². The lowest BCUT2D eigenvalue weighted by atomic mass is 9.71. The number of aryl methyl sites for hydroxylation is 3. The number of aromatic nitrogens is 1. The Balaban J connectivity index is 0.000000151. The fraction of sp³-hybridized carbons (Fsp3) is 0.436. The van der Waals surface area contributed by atoms with E-state index in [2.05, 4.69) is 92.3 Å². The normalized spacial score (nSPS) is 19.2. The van der Waals surface area contributed by atoms with Crippen LogP contribution in [-0.4, -0.2) is 115 Å². The largest absolute Gasteiger partial charge is 0.512 e. The molecule has 1 aliphatic heterocycles. The number of methoxy groups -OCH3 is 1. The lowest BCUT2D eigenvalue weighted by molar-refractivity contribution is -0.163. The fourth-order valence-corrected chi connectivity index (χ4v) is 19.3. The number of carbonyl (C=O) groups is 5. The highest BCUT2D eigenvalue weighted by Crippen LogP contribution is 2.46. The van der Waals surface area contributed by atoms with Crippen molar-refractivity contribution in [2.75, 3.05) is 33.5 Å². The lowest BCUT2D eigenvalue weighted by Gasteiger charge is -2.40. The van der Waals surface area contributed by atoms with Gasteiger partial charge in [0.25, 0.3) is 0 Å². The number of hydrogen-bond acceptors (Lipinski definition) is 16. The molecule has 7 aromatic carbocycles. The van der Waals surface area contributed by atoms with Crippen LogP contribution in [0.25, 0.3) is 21.9 Å². The third-order valence-corrected chi connectivity index (χ3v) is 25.7. The number of para-hydroxylation sites is 2. The van der Waals surface area contributed by atoms with E-state index in [1.165, 1.54) is 79.0 Å². The Morgan fingerprint density at radius 3 is 2.02 bits per heavy atom. The molecule has 9 aromatic rings. The van der Waals surface area contributed by atoms with E-state index in [0.717, 1.165) is 140 Å². The number of esters is 1. The summed E-state index contributed by atoms with van der Waals surface area (Å²) in [4.78, 5) is 77.7. The molecule has 6 aliphatic rings. The first kappa shape index (κ1) is 92.6. The summed E-state index contributed by atoms with van der Waals surface area (Å²) < 4.78 is 18.2. The van der Waals surface area contributed by atoms with Crippen molar-refractivity contribution in [1.29, 1.82) is 0 Å². The van der Waals surface area contributed by atoms with Crippen LogP contribution < -0.4 is 10.4 Å².